The van der Waals surface area contributed by atoms with E-state index in [4.69, 9.17) is 9.47 Å². The maximum atomic E-state index is 12.9. The number of hydrogen-bond acceptors (Lipinski definition) is 6. The van der Waals surface area contributed by atoms with Crippen molar-refractivity contribution in [2.75, 3.05) is 23.8 Å². The van der Waals surface area contributed by atoms with Crippen molar-refractivity contribution in [2.45, 2.75) is 13.8 Å². The third-order valence-corrected chi connectivity index (χ3v) is 4.96. The summed E-state index contributed by atoms with van der Waals surface area (Å²) < 4.78 is 13.0. The van der Waals surface area contributed by atoms with Crippen LogP contribution < -0.4 is 20.1 Å². The van der Waals surface area contributed by atoms with E-state index in [9.17, 15) is 9.59 Å². The Balaban J connectivity index is 1.60. The van der Waals surface area contributed by atoms with Gasteiger partial charge in [0.2, 0.25) is 0 Å². The zero-order valence-corrected chi connectivity index (χ0v) is 19.4. The summed E-state index contributed by atoms with van der Waals surface area (Å²) in [6, 6.07) is 21.5. The van der Waals surface area contributed by atoms with Gasteiger partial charge in [-0.25, -0.2) is 4.68 Å². The van der Waals surface area contributed by atoms with Crippen LogP contribution in [0.4, 0.5) is 11.4 Å². The summed E-state index contributed by atoms with van der Waals surface area (Å²) in [4.78, 5) is 25.7. The Bertz CT molecular complexity index is 1310. The summed E-state index contributed by atoms with van der Waals surface area (Å²) >= 11 is 0. The van der Waals surface area contributed by atoms with Crippen LogP contribution in [-0.4, -0.2) is 40.0 Å². The summed E-state index contributed by atoms with van der Waals surface area (Å²) in [6.07, 6.45) is 1.54. The number of benzene rings is 3. The van der Waals surface area contributed by atoms with Gasteiger partial charge in [0.1, 0.15) is 11.5 Å². The van der Waals surface area contributed by atoms with Crippen LogP contribution in [0.3, 0.4) is 0 Å². The fourth-order valence-corrected chi connectivity index (χ4v) is 3.35. The number of ether oxygens (including phenoxy) is 2. The maximum Gasteiger partial charge on any atom is 0.277 e. The number of para-hydroxylation sites is 1. The van der Waals surface area contributed by atoms with Gasteiger partial charge in [0.05, 0.1) is 36.5 Å². The number of carbonyl (C=O) groups is 2. The zero-order chi connectivity index (χ0) is 24.6. The highest BCUT2D eigenvalue weighted by molar-refractivity contribution is 6.06. The molecule has 9 heteroatoms. The summed E-state index contributed by atoms with van der Waals surface area (Å²) in [5, 5.41) is 13.7. The molecule has 0 atom stereocenters. The zero-order valence-electron chi connectivity index (χ0n) is 19.4. The quantitative estimate of drug-likeness (QED) is 0.370. The van der Waals surface area contributed by atoms with Crippen molar-refractivity contribution < 1.29 is 19.1 Å². The first-order chi connectivity index (χ1) is 17.1. The Kier molecular flexibility index (Phi) is 7.37. The molecule has 2 amide bonds. The van der Waals surface area contributed by atoms with Gasteiger partial charge in [0, 0.05) is 17.7 Å². The summed E-state index contributed by atoms with van der Waals surface area (Å²) in [7, 11) is 0. The number of nitrogens with zero attached hydrogens (tertiary/aromatic N) is 3. The SMILES string of the molecule is CCOc1cc(NC(=O)c2cn(-c3ccccc3)nn2)c(OCC)cc1NC(=O)c1ccccc1. The molecule has 0 aliphatic carbocycles. The lowest BCUT2D eigenvalue weighted by Gasteiger charge is -2.17. The van der Waals surface area contributed by atoms with E-state index in [1.54, 1.807) is 42.6 Å². The van der Waals surface area contributed by atoms with E-state index in [1.807, 2.05) is 50.2 Å². The molecule has 4 rings (SSSR count). The molecule has 9 nitrogen and oxygen atoms in total. The molecule has 0 saturated heterocycles. The van der Waals surface area contributed by atoms with E-state index in [0.717, 1.165) is 5.69 Å². The smallest absolute Gasteiger partial charge is 0.277 e. The van der Waals surface area contributed by atoms with Crippen LogP contribution in [-0.2, 0) is 0 Å². The van der Waals surface area contributed by atoms with Gasteiger partial charge < -0.3 is 20.1 Å². The highest BCUT2D eigenvalue weighted by atomic mass is 16.5. The Morgan fingerprint density at radius 1 is 0.800 bits per heavy atom. The largest absolute Gasteiger partial charge is 0.492 e. The van der Waals surface area contributed by atoms with Crippen molar-refractivity contribution in [3.63, 3.8) is 0 Å². The average Bonchev–Trinajstić information content (AvgIpc) is 3.38. The molecular formula is C26H25N5O4. The number of carbonyl (C=O) groups excluding carboxylic acids is 2. The van der Waals surface area contributed by atoms with E-state index >= 15 is 0 Å². The summed E-state index contributed by atoms with van der Waals surface area (Å²) in [5.41, 5.74) is 2.23. The van der Waals surface area contributed by atoms with Crippen LogP contribution in [0.15, 0.2) is 79.0 Å². The van der Waals surface area contributed by atoms with Crippen molar-refractivity contribution in [3.8, 4) is 17.2 Å². The Labute approximate surface area is 202 Å². The number of aromatic nitrogens is 3. The maximum absolute atomic E-state index is 12.9. The molecule has 1 heterocycles. The molecule has 0 bridgehead atoms. The first kappa shape index (κ1) is 23.5. The van der Waals surface area contributed by atoms with E-state index in [2.05, 4.69) is 20.9 Å². The Morgan fingerprint density at radius 2 is 1.34 bits per heavy atom. The summed E-state index contributed by atoms with van der Waals surface area (Å²) in [5.74, 6) is 0.0200. The first-order valence-electron chi connectivity index (χ1n) is 11.2. The second-order valence-corrected chi connectivity index (χ2v) is 7.37. The Morgan fingerprint density at radius 3 is 1.91 bits per heavy atom. The van der Waals surface area contributed by atoms with E-state index < -0.39 is 5.91 Å². The fourth-order valence-electron chi connectivity index (χ4n) is 3.35. The summed E-state index contributed by atoms with van der Waals surface area (Å²) in [6.45, 7) is 4.38. The molecule has 0 aliphatic heterocycles. The minimum absolute atomic E-state index is 0.135. The number of amides is 2. The molecule has 0 aliphatic rings. The molecule has 0 unspecified atom stereocenters. The first-order valence-corrected chi connectivity index (χ1v) is 11.2. The minimum atomic E-state index is -0.461. The van der Waals surface area contributed by atoms with Gasteiger partial charge in [-0.05, 0) is 38.1 Å². The normalized spacial score (nSPS) is 10.5. The molecule has 1 aromatic heterocycles. The number of rotatable bonds is 9. The second-order valence-electron chi connectivity index (χ2n) is 7.37. The van der Waals surface area contributed by atoms with Crippen molar-refractivity contribution in [3.05, 3.63) is 90.3 Å². The van der Waals surface area contributed by atoms with Crippen LogP contribution in [0.5, 0.6) is 11.5 Å². The molecular weight excluding hydrogens is 446 g/mol. The van der Waals surface area contributed by atoms with Crippen LogP contribution in [0.1, 0.15) is 34.7 Å². The minimum Gasteiger partial charge on any atom is -0.492 e. The lowest BCUT2D eigenvalue weighted by molar-refractivity contribution is 0.101. The van der Waals surface area contributed by atoms with Gasteiger partial charge in [-0.1, -0.05) is 41.6 Å². The predicted octanol–water partition coefficient (Wildman–Crippen LogP) is 4.57. The lowest BCUT2D eigenvalue weighted by atomic mass is 10.2. The molecule has 0 radical (unpaired) electrons. The van der Waals surface area contributed by atoms with Crippen LogP contribution in [0.2, 0.25) is 0 Å². The highest BCUT2D eigenvalue weighted by Crippen LogP contribution is 2.37. The van der Waals surface area contributed by atoms with E-state index in [1.165, 1.54) is 4.68 Å². The van der Waals surface area contributed by atoms with E-state index in [0.29, 0.717) is 41.7 Å². The molecule has 4 aromatic rings. The van der Waals surface area contributed by atoms with Gasteiger partial charge in [0.15, 0.2) is 5.69 Å². The highest BCUT2D eigenvalue weighted by Gasteiger charge is 2.19. The monoisotopic (exact) mass is 471 g/mol. The number of anilines is 2. The number of nitrogens with one attached hydrogen (secondary N) is 2. The van der Waals surface area contributed by atoms with Crippen molar-refractivity contribution in [1.82, 2.24) is 15.0 Å². The third kappa shape index (κ3) is 5.64. The lowest BCUT2D eigenvalue weighted by Crippen LogP contribution is -2.16. The van der Waals surface area contributed by atoms with Gasteiger partial charge in [-0.15, -0.1) is 5.10 Å². The Hall–Kier alpha value is -4.66. The molecule has 0 fully saturated rings. The van der Waals surface area contributed by atoms with Crippen molar-refractivity contribution in [2.24, 2.45) is 0 Å². The predicted molar refractivity (Wildman–Crippen MR) is 132 cm³/mol. The molecule has 35 heavy (non-hydrogen) atoms. The third-order valence-electron chi connectivity index (χ3n) is 4.96. The number of hydrogen-bond donors (Lipinski definition) is 2. The fraction of sp³-hybridized carbons (Fsp3) is 0.154. The second kappa shape index (κ2) is 11.0. The molecule has 178 valence electrons. The molecule has 0 spiro atoms. The van der Waals surface area contributed by atoms with Gasteiger partial charge >= 0.3 is 0 Å². The molecule has 3 aromatic carbocycles. The topological polar surface area (TPSA) is 107 Å². The van der Waals surface area contributed by atoms with Crippen LogP contribution >= 0.6 is 0 Å². The van der Waals surface area contributed by atoms with Gasteiger partial charge in [-0.2, -0.15) is 0 Å². The van der Waals surface area contributed by atoms with Crippen LogP contribution in [0, 0.1) is 0 Å². The van der Waals surface area contributed by atoms with E-state index in [-0.39, 0.29) is 11.6 Å². The standard InChI is InChI=1S/C26H25N5O4/c1-3-34-23-16-21(28-26(33)22-17-31(30-29-22)19-13-9-6-10-14-19)24(35-4-2)15-20(23)27-25(32)18-11-7-5-8-12-18/h5-17H,3-4H2,1-2H3,(H,27,32)(H,28,33). The molecule has 0 saturated carbocycles. The van der Waals surface area contributed by atoms with Gasteiger partial charge in [0.25, 0.3) is 11.8 Å². The van der Waals surface area contributed by atoms with Gasteiger partial charge in [-0.3, -0.25) is 9.59 Å². The van der Waals surface area contributed by atoms with Crippen LogP contribution in [0.25, 0.3) is 5.69 Å². The van der Waals surface area contributed by atoms with Crippen molar-refractivity contribution in [1.29, 1.82) is 0 Å². The average molecular weight is 472 g/mol. The molecule has 2 N–H and O–H groups in total. The van der Waals surface area contributed by atoms with Crippen molar-refractivity contribution >= 4 is 23.2 Å².